The maximum atomic E-state index is 6.42. The van der Waals surface area contributed by atoms with E-state index in [9.17, 15) is 0 Å². The minimum atomic E-state index is 0.916. The van der Waals surface area contributed by atoms with Gasteiger partial charge in [-0.05, 0) is 123 Å². The molecule has 0 unspecified atom stereocenters. The van der Waals surface area contributed by atoms with Crippen molar-refractivity contribution in [2.24, 2.45) is 0 Å². The molecule has 1 heterocycles. The van der Waals surface area contributed by atoms with E-state index in [0.717, 1.165) is 73.7 Å². The molecule has 11 rings (SSSR count). The van der Waals surface area contributed by atoms with Gasteiger partial charge in [0.05, 0.1) is 5.69 Å². The van der Waals surface area contributed by atoms with Crippen molar-refractivity contribution in [3.05, 3.63) is 218 Å². The van der Waals surface area contributed by atoms with Crippen LogP contribution in [0.2, 0.25) is 0 Å². The standard InChI is InChI=1S/C56H39NO/c1-2-11-38(12-3-1)39-21-23-40(24-22-39)41-25-31-46(32-26-41)57(47-33-27-43(28-34-47)49-18-10-14-42-13-4-5-15-48(42)49)54-19-8-6-16-50(54)44-29-35-51-45(37-44)30-36-53-52-17-7-9-20-55(52)58-56(51)53/h2,4-37H,1,3H2. The number of benzene rings is 9. The molecule has 0 amide bonds. The second-order valence-corrected chi connectivity index (χ2v) is 15.2. The molecule has 0 saturated heterocycles. The highest BCUT2D eigenvalue weighted by atomic mass is 16.3. The van der Waals surface area contributed by atoms with E-state index in [1.165, 1.54) is 44.2 Å². The summed E-state index contributed by atoms with van der Waals surface area (Å²) in [5.74, 6) is 0. The lowest BCUT2D eigenvalue weighted by Gasteiger charge is -2.28. The van der Waals surface area contributed by atoms with Crippen LogP contribution in [-0.4, -0.2) is 0 Å². The number of anilines is 3. The van der Waals surface area contributed by atoms with Gasteiger partial charge in [-0.1, -0.05) is 158 Å². The Kier molecular flexibility index (Phi) is 8.33. The molecule has 0 bridgehead atoms. The van der Waals surface area contributed by atoms with Crippen LogP contribution in [0.4, 0.5) is 17.1 Å². The molecule has 0 saturated carbocycles. The molecule has 0 aliphatic heterocycles. The molecule has 10 aromatic rings. The number of hydrogen-bond donors (Lipinski definition) is 0. The van der Waals surface area contributed by atoms with Gasteiger partial charge in [0.25, 0.3) is 0 Å². The number of nitrogens with zero attached hydrogens (tertiary/aromatic N) is 1. The fraction of sp³-hybridized carbons (Fsp3) is 0.0357. The Labute approximate surface area is 338 Å². The molecule has 0 atom stereocenters. The summed E-state index contributed by atoms with van der Waals surface area (Å²) >= 11 is 0. The second kappa shape index (κ2) is 14.3. The minimum absolute atomic E-state index is 0.916. The topological polar surface area (TPSA) is 16.4 Å². The second-order valence-electron chi connectivity index (χ2n) is 15.2. The minimum Gasteiger partial charge on any atom is -0.455 e. The highest BCUT2D eigenvalue weighted by Gasteiger charge is 2.19. The van der Waals surface area contributed by atoms with E-state index in [1.807, 2.05) is 12.1 Å². The van der Waals surface area contributed by atoms with Crippen LogP contribution in [0.1, 0.15) is 18.4 Å². The molecule has 0 N–H and O–H groups in total. The van der Waals surface area contributed by atoms with Crippen LogP contribution in [-0.2, 0) is 0 Å². The van der Waals surface area contributed by atoms with Gasteiger partial charge in [0.1, 0.15) is 11.2 Å². The summed E-state index contributed by atoms with van der Waals surface area (Å²) in [6.07, 6.45) is 9.07. The van der Waals surface area contributed by atoms with Gasteiger partial charge >= 0.3 is 0 Å². The van der Waals surface area contributed by atoms with Crippen molar-refractivity contribution in [1.29, 1.82) is 0 Å². The van der Waals surface area contributed by atoms with Gasteiger partial charge in [0.2, 0.25) is 0 Å². The Morgan fingerprint density at radius 3 is 1.81 bits per heavy atom. The normalized spacial score (nSPS) is 12.7. The van der Waals surface area contributed by atoms with Gasteiger partial charge < -0.3 is 9.32 Å². The van der Waals surface area contributed by atoms with Crippen LogP contribution in [0.5, 0.6) is 0 Å². The third-order valence-electron chi connectivity index (χ3n) is 11.7. The van der Waals surface area contributed by atoms with E-state index in [1.54, 1.807) is 0 Å². The zero-order chi connectivity index (χ0) is 38.4. The number of para-hydroxylation sites is 2. The molecule has 1 aromatic heterocycles. The van der Waals surface area contributed by atoms with Crippen LogP contribution < -0.4 is 4.90 Å². The molecular formula is C56H39NO. The summed E-state index contributed by atoms with van der Waals surface area (Å²) in [5, 5.41) is 7.06. The Morgan fingerprint density at radius 1 is 0.397 bits per heavy atom. The molecule has 1 aliphatic rings. The quantitative estimate of drug-likeness (QED) is 0.162. The van der Waals surface area contributed by atoms with Crippen LogP contribution in [0.25, 0.3) is 82.4 Å². The van der Waals surface area contributed by atoms with Gasteiger partial charge in [0, 0.05) is 33.1 Å². The van der Waals surface area contributed by atoms with Crippen molar-refractivity contribution in [3.8, 4) is 33.4 Å². The monoisotopic (exact) mass is 741 g/mol. The summed E-state index contributed by atoms with van der Waals surface area (Å²) in [4.78, 5) is 2.39. The highest BCUT2D eigenvalue weighted by molar-refractivity contribution is 6.15. The first-order valence-electron chi connectivity index (χ1n) is 20.1. The first-order chi connectivity index (χ1) is 28.7. The Hall–Kier alpha value is -7.42. The number of rotatable bonds is 7. The van der Waals surface area contributed by atoms with Gasteiger partial charge in [-0.3, -0.25) is 0 Å². The molecule has 2 heteroatoms. The van der Waals surface area contributed by atoms with Crippen LogP contribution >= 0.6 is 0 Å². The van der Waals surface area contributed by atoms with E-state index in [4.69, 9.17) is 4.42 Å². The van der Waals surface area contributed by atoms with Crippen molar-refractivity contribution >= 4 is 66.1 Å². The third kappa shape index (κ3) is 5.98. The van der Waals surface area contributed by atoms with E-state index in [2.05, 4.69) is 205 Å². The maximum absolute atomic E-state index is 6.42. The van der Waals surface area contributed by atoms with Gasteiger partial charge in [-0.25, -0.2) is 0 Å². The Bertz CT molecular complexity index is 3200. The molecule has 0 spiro atoms. The number of fused-ring (bicyclic) bond motifs is 6. The number of hydrogen-bond acceptors (Lipinski definition) is 2. The molecule has 2 nitrogen and oxygen atoms in total. The molecule has 0 fully saturated rings. The van der Waals surface area contributed by atoms with E-state index in [0.29, 0.717) is 0 Å². The summed E-state index contributed by atoms with van der Waals surface area (Å²) < 4.78 is 6.42. The number of allylic oxidation sites excluding steroid dienone is 4. The van der Waals surface area contributed by atoms with Crippen LogP contribution in [0.15, 0.2) is 217 Å². The smallest absolute Gasteiger partial charge is 0.143 e. The Balaban J connectivity index is 1.01. The molecular weight excluding hydrogens is 703 g/mol. The fourth-order valence-corrected chi connectivity index (χ4v) is 8.77. The van der Waals surface area contributed by atoms with Crippen molar-refractivity contribution in [2.75, 3.05) is 4.90 Å². The van der Waals surface area contributed by atoms with E-state index in [-0.39, 0.29) is 0 Å². The maximum Gasteiger partial charge on any atom is 0.143 e. The summed E-state index contributed by atoms with van der Waals surface area (Å²) in [7, 11) is 0. The van der Waals surface area contributed by atoms with Crippen molar-refractivity contribution < 1.29 is 4.42 Å². The van der Waals surface area contributed by atoms with E-state index < -0.39 is 0 Å². The van der Waals surface area contributed by atoms with Crippen molar-refractivity contribution in [3.63, 3.8) is 0 Å². The first-order valence-corrected chi connectivity index (χ1v) is 20.1. The van der Waals surface area contributed by atoms with Crippen molar-refractivity contribution in [1.82, 2.24) is 0 Å². The molecule has 58 heavy (non-hydrogen) atoms. The molecule has 9 aromatic carbocycles. The van der Waals surface area contributed by atoms with E-state index >= 15 is 0 Å². The largest absolute Gasteiger partial charge is 0.455 e. The van der Waals surface area contributed by atoms with Gasteiger partial charge in [-0.2, -0.15) is 0 Å². The highest BCUT2D eigenvalue weighted by Crippen LogP contribution is 2.44. The lowest BCUT2D eigenvalue weighted by atomic mass is 9.96. The summed E-state index contributed by atoms with van der Waals surface area (Å²) in [5.41, 5.74) is 14.8. The van der Waals surface area contributed by atoms with Crippen molar-refractivity contribution in [2.45, 2.75) is 12.8 Å². The predicted molar refractivity (Wildman–Crippen MR) is 246 cm³/mol. The number of furan rings is 1. The molecule has 1 aliphatic carbocycles. The average molecular weight is 742 g/mol. The zero-order valence-electron chi connectivity index (χ0n) is 32.0. The summed E-state index contributed by atoms with van der Waals surface area (Å²) in [6, 6.07) is 70.4. The fourth-order valence-electron chi connectivity index (χ4n) is 8.77. The molecule has 0 radical (unpaired) electrons. The molecule has 274 valence electrons. The third-order valence-corrected chi connectivity index (χ3v) is 11.7. The van der Waals surface area contributed by atoms with Crippen LogP contribution in [0, 0.1) is 0 Å². The SMILES string of the molecule is C1=CC(c2ccc(-c3ccc(N(c4ccc(-c5cccc6ccccc56)cc4)c4ccccc4-c4ccc5c(ccc6c7ccccc7oc56)c4)cc3)cc2)=CCC1. The first kappa shape index (κ1) is 33.9. The van der Waals surface area contributed by atoms with Gasteiger partial charge in [-0.15, -0.1) is 0 Å². The van der Waals surface area contributed by atoms with Gasteiger partial charge in [0.15, 0.2) is 0 Å². The Morgan fingerprint density at radius 2 is 1.02 bits per heavy atom. The lowest BCUT2D eigenvalue weighted by molar-refractivity contribution is 0.672. The zero-order valence-corrected chi connectivity index (χ0v) is 32.0. The summed E-state index contributed by atoms with van der Waals surface area (Å²) in [6.45, 7) is 0. The average Bonchev–Trinajstić information content (AvgIpc) is 3.69. The predicted octanol–water partition coefficient (Wildman–Crippen LogP) is 16.1. The van der Waals surface area contributed by atoms with Crippen LogP contribution in [0.3, 0.4) is 0 Å². The lowest BCUT2D eigenvalue weighted by Crippen LogP contribution is -2.11.